The van der Waals surface area contributed by atoms with Crippen molar-refractivity contribution in [3.63, 3.8) is 0 Å². The summed E-state index contributed by atoms with van der Waals surface area (Å²) >= 11 is 0. The van der Waals surface area contributed by atoms with Crippen molar-refractivity contribution >= 4 is 11.9 Å². The monoisotopic (exact) mass is 226 g/mol. The summed E-state index contributed by atoms with van der Waals surface area (Å²) in [6.45, 7) is 2.04. The van der Waals surface area contributed by atoms with Gasteiger partial charge in [0.1, 0.15) is 25.7 Å². The summed E-state index contributed by atoms with van der Waals surface area (Å²) in [6.07, 6.45) is 2.79. The summed E-state index contributed by atoms with van der Waals surface area (Å²) in [4.78, 5) is 27.7. The van der Waals surface area contributed by atoms with Crippen LogP contribution in [0.1, 0.15) is 6.92 Å². The van der Waals surface area contributed by atoms with Crippen LogP contribution in [-0.4, -0.2) is 51.7 Å². The number of nitrogens with zero attached hydrogens (tertiary/aromatic N) is 4. The van der Waals surface area contributed by atoms with E-state index in [0.29, 0.717) is 6.61 Å². The third-order valence-electron chi connectivity index (χ3n) is 1.86. The largest absolute Gasteiger partial charge is 0.465 e. The molecule has 1 amide bonds. The van der Waals surface area contributed by atoms with Crippen molar-refractivity contribution in [1.82, 2.24) is 19.7 Å². The van der Waals surface area contributed by atoms with Gasteiger partial charge in [0.25, 0.3) is 0 Å². The van der Waals surface area contributed by atoms with Crippen molar-refractivity contribution in [1.29, 1.82) is 0 Å². The summed E-state index contributed by atoms with van der Waals surface area (Å²) in [7, 11) is 1.54. The lowest BCUT2D eigenvalue weighted by Gasteiger charge is -2.15. The number of carbonyl (C=O) groups excluding carboxylic acids is 2. The SMILES string of the molecule is CCOC(=O)CN(C)C(=O)Cn1cncn1. The van der Waals surface area contributed by atoms with Gasteiger partial charge in [0.2, 0.25) is 5.91 Å². The summed E-state index contributed by atoms with van der Waals surface area (Å²) in [5.74, 6) is -0.643. The molecule has 0 unspecified atom stereocenters. The molecule has 0 aromatic carbocycles. The van der Waals surface area contributed by atoms with E-state index >= 15 is 0 Å². The Balaban J connectivity index is 2.39. The number of aromatic nitrogens is 3. The van der Waals surface area contributed by atoms with E-state index < -0.39 is 5.97 Å². The van der Waals surface area contributed by atoms with Crippen molar-refractivity contribution in [2.75, 3.05) is 20.2 Å². The van der Waals surface area contributed by atoms with E-state index in [-0.39, 0.29) is 19.0 Å². The van der Waals surface area contributed by atoms with Crippen LogP contribution in [-0.2, 0) is 20.9 Å². The molecule has 0 saturated carbocycles. The van der Waals surface area contributed by atoms with Gasteiger partial charge in [0, 0.05) is 7.05 Å². The quantitative estimate of drug-likeness (QED) is 0.620. The van der Waals surface area contributed by atoms with Crippen LogP contribution in [0.2, 0.25) is 0 Å². The third-order valence-corrected chi connectivity index (χ3v) is 1.86. The highest BCUT2D eigenvalue weighted by atomic mass is 16.5. The number of hydrogen-bond donors (Lipinski definition) is 0. The molecule has 0 atom stereocenters. The van der Waals surface area contributed by atoms with Crippen LogP contribution in [0.5, 0.6) is 0 Å². The Bertz CT molecular complexity index is 350. The van der Waals surface area contributed by atoms with E-state index in [1.807, 2.05) is 0 Å². The molecule has 1 aromatic rings. The van der Waals surface area contributed by atoms with Crippen LogP contribution in [0.3, 0.4) is 0 Å². The average Bonchev–Trinajstić information content (AvgIpc) is 2.70. The first-order valence-corrected chi connectivity index (χ1v) is 4.85. The molecule has 0 aliphatic carbocycles. The summed E-state index contributed by atoms with van der Waals surface area (Å²) in [6, 6.07) is 0. The molecule has 0 aliphatic rings. The molecule has 7 nitrogen and oxygen atoms in total. The molecule has 0 N–H and O–H groups in total. The standard InChI is InChI=1S/C9H14N4O3/c1-3-16-9(15)5-12(2)8(14)4-13-7-10-6-11-13/h6-7H,3-5H2,1-2H3. The Morgan fingerprint density at radius 3 is 2.81 bits per heavy atom. The Morgan fingerprint density at radius 1 is 1.50 bits per heavy atom. The van der Waals surface area contributed by atoms with Gasteiger partial charge in [-0.05, 0) is 6.92 Å². The second-order valence-corrected chi connectivity index (χ2v) is 3.15. The molecule has 7 heteroatoms. The summed E-state index contributed by atoms with van der Waals surface area (Å²) in [5.41, 5.74) is 0. The van der Waals surface area contributed by atoms with Crippen molar-refractivity contribution < 1.29 is 14.3 Å². The first kappa shape index (κ1) is 12.2. The van der Waals surface area contributed by atoms with Crippen LogP contribution < -0.4 is 0 Å². The fourth-order valence-electron chi connectivity index (χ4n) is 1.06. The average molecular weight is 226 g/mol. The van der Waals surface area contributed by atoms with Crippen molar-refractivity contribution in [2.24, 2.45) is 0 Å². The highest BCUT2D eigenvalue weighted by Crippen LogP contribution is 1.91. The molecular weight excluding hydrogens is 212 g/mol. The first-order valence-electron chi connectivity index (χ1n) is 4.85. The number of ether oxygens (including phenoxy) is 1. The highest BCUT2D eigenvalue weighted by Gasteiger charge is 2.13. The predicted molar refractivity (Wildman–Crippen MR) is 54.3 cm³/mol. The zero-order valence-corrected chi connectivity index (χ0v) is 9.29. The smallest absolute Gasteiger partial charge is 0.325 e. The van der Waals surface area contributed by atoms with Crippen LogP contribution in [0.25, 0.3) is 0 Å². The van der Waals surface area contributed by atoms with Gasteiger partial charge in [0.05, 0.1) is 6.61 Å². The summed E-state index contributed by atoms with van der Waals surface area (Å²) < 4.78 is 6.12. The van der Waals surface area contributed by atoms with Gasteiger partial charge in [-0.2, -0.15) is 5.10 Å². The zero-order valence-electron chi connectivity index (χ0n) is 9.29. The van der Waals surface area contributed by atoms with E-state index in [1.54, 1.807) is 6.92 Å². The maximum absolute atomic E-state index is 11.6. The van der Waals surface area contributed by atoms with Gasteiger partial charge in [-0.15, -0.1) is 0 Å². The lowest BCUT2D eigenvalue weighted by Crippen LogP contribution is -2.35. The van der Waals surface area contributed by atoms with Crippen LogP contribution >= 0.6 is 0 Å². The second kappa shape index (κ2) is 5.84. The molecule has 1 rings (SSSR count). The van der Waals surface area contributed by atoms with Gasteiger partial charge in [-0.3, -0.25) is 9.59 Å². The van der Waals surface area contributed by atoms with Crippen molar-refractivity contribution in [3.05, 3.63) is 12.7 Å². The molecule has 0 fully saturated rings. The molecule has 1 aromatic heterocycles. The minimum absolute atomic E-state index is 0.0542. The van der Waals surface area contributed by atoms with E-state index in [0.717, 1.165) is 0 Å². The third kappa shape index (κ3) is 3.68. The number of likely N-dealkylation sites (N-methyl/N-ethyl adjacent to an activating group) is 1. The van der Waals surface area contributed by atoms with Crippen LogP contribution in [0.4, 0.5) is 0 Å². The fourth-order valence-corrected chi connectivity index (χ4v) is 1.06. The molecular formula is C9H14N4O3. The van der Waals surface area contributed by atoms with Crippen molar-refractivity contribution in [3.8, 4) is 0 Å². The number of esters is 1. The molecule has 0 saturated heterocycles. The molecule has 0 bridgehead atoms. The minimum atomic E-state index is -0.419. The van der Waals surface area contributed by atoms with Gasteiger partial charge < -0.3 is 9.64 Å². The van der Waals surface area contributed by atoms with Gasteiger partial charge in [-0.1, -0.05) is 0 Å². The maximum atomic E-state index is 11.6. The van der Waals surface area contributed by atoms with E-state index in [2.05, 4.69) is 10.1 Å². The van der Waals surface area contributed by atoms with E-state index in [1.165, 1.54) is 29.3 Å². The van der Waals surface area contributed by atoms with E-state index in [4.69, 9.17) is 4.74 Å². The Labute approximate surface area is 93.0 Å². The normalized spacial score (nSPS) is 9.88. The van der Waals surface area contributed by atoms with Crippen LogP contribution in [0, 0.1) is 0 Å². The molecule has 0 radical (unpaired) electrons. The minimum Gasteiger partial charge on any atom is -0.465 e. The zero-order chi connectivity index (χ0) is 12.0. The van der Waals surface area contributed by atoms with Gasteiger partial charge in [0.15, 0.2) is 0 Å². The number of amides is 1. The lowest BCUT2D eigenvalue weighted by molar-refractivity contribution is -0.148. The molecule has 16 heavy (non-hydrogen) atoms. The summed E-state index contributed by atoms with van der Waals surface area (Å²) in [5, 5.41) is 3.80. The Kier molecular flexibility index (Phi) is 4.43. The fraction of sp³-hybridized carbons (Fsp3) is 0.556. The molecule has 1 heterocycles. The predicted octanol–water partition coefficient (Wildman–Crippen LogP) is -0.700. The second-order valence-electron chi connectivity index (χ2n) is 3.15. The van der Waals surface area contributed by atoms with E-state index in [9.17, 15) is 9.59 Å². The highest BCUT2D eigenvalue weighted by molar-refractivity contribution is 5.81. The maximum Gasteiger partial charge on any atom is 0.325 e. The van der Waals surface area contributed by atoms with Crippen LogP contribution in [0.15, 0.2) is 12.7 Å². The number of carbonyl (C=O) groups is 2. The topological polar surface area (TPSA) is 77.3 Å². The molecule has 0 spiro atoms. The first-order chi connectivity index (χ1) is 7.63. The lowest BCUT2D eigenvalue weighted by atomic mass is 10.5. The number of hydrogen-bond acceptors (Lipinski definition) is 5. The van der Waals surface area contributed by atoms with Crippen molar-refractivity contribution in [2.45, 2.75) is 13.5 Å². The Morgan fingerprint density at radius 2 is 2.25 bits per heavy atom. The number of rotatable bonds is 5. The molecule has 0 aliphatic heterocycles. The Hall–Kier alpha value is -1.92. The van der Waals surface area contributed by atoms with Gasteiger partial charge in [-0.25, -0.2) is 9.67 Å². The van der Waals surface area contributed by atoms with Gasteiger partial charge >= 0.3 is 5.97 Å². The molecule has 88 valence electrons.